The topological polar surface area (TPSA) is 85.4 Å². The van der Waals surface area contributed by atoms with Crippen molar-refractivity contribution in [2.75, 3.05) is 5.73 Å². The van der Waals surface area contributed by atoms with Gasteiger partial charge in [0.05, 0.1) is 5.69 Å². The summed E-state index contributed by atoms with van der Waals surface area (Å²) in [5.41, 5.74) is 7.01. The minimum atomic E-state index is -1.06. The highest BCUT2D eigenvalue weighted by atomic mass is 32.1. The van der Waals surface area contributed by atoms with Crippen molar-refractivity contribution in [2.45, 2.75) is 13.5 Å². The van der Waals surface area contributed by atoms with Gasteiger partial charge in [0.25, 0.3) is 0 Å². The van der Waals surface area contributed by atoms with E-state index >= 15 is 0 Å². The molecule has 94 valence electrons. The minimum Gasteiger partial charge on any atom is -0.483 e. The second-order valence-corrected chi connectivity index (χ2v) is 4.64. The van der Waals surface area contributed by atoms with Crippen molar-refractivity contribution in [3.05, 3.63) is 39.8 Å². The number of nitrogens with zero attached hydrogens (tertiary/aromatic N) is 1. The maximum atomic E-state index is 11.0. The molecule has 0 bridgehead atoms. The Bertz CT molecular complexity index is 580. The predicted molar refractivity (Wildman–Crippen MR) is 69.0 cm³/mol. The first-order valence-electron chi connectivity index (χ1n) is 5.23. The van der Waals surface area contributed by atoms with Gasteiger partial charge >= 0.3 is 5.97 Å². The molecule has 2 rings (SSSR count). The number of rotatable bonds is 4. The number of nitrogen functional groups attached to an aromatic ring is 1. The summed E-state index contributed by atoms with van der Waals surface area (Å²) >= 11 is 1.46. The molecule has 0 atom stereocenters. The van der Waals surface area contributed by atoms with Gasteiger partial charge in [0, 0.05) is 11.1 Å². The fourth-order valence-corrected chi connectivity index (χ4v) is 2.17. The van der Waals surface area contributed by atoms with E-state index in [1.54, 1.807) is 12.1 Å². The van der Waals surface area contributed by atoms with E-state index in [4.69, 9.17) is 15.6 Å². The molecular formula is C12H12N2O3S. The zero-order valence-corrected chi connectivity index (χ0v) is 10.5. The molecule has 0 fully saturated rings. The van der Waals surface area contributed by atoms with Crippen LogP contribution in [0.2, 0.25) is 0 Å². The Balaban J connectivity index is 2.20. The normalized spacial score (nSPS) is 10.3. The van der Waals surface area contributed by atoms with Gasteiger partial charge in [0.1, 0.15) is 17.2 Å². The van der Waals surface area contributed by atoms with E-state index in [1.165, 1.54) is 17.4 Å². The quantitative estimate of drug-likeness (QED) is 0.828. The molecule has 6 heteroatoms. The lowest BCUT2D eigenvalue weighted by Gasteiger charge is -2.10. The predicted octanol–water partition coefficient (Wildman–Crippen LogP) is 2.31. The van der Waals surface area contributed by atoms with Crippen LogP contribution in [0, 0.1) is 6.92 Å². The van der Waals surface area contributed by atoms with Gasteiger partial charge in [-0.15, -0.1) is 11.3 Å². The number of carboxylic acids is 1. The van der Waals surface area contributed by atoms with E-state index in [0.29, 0.717) is 5.69 Å². The Morgan fingerprint density at radius 2 is 2.33 bits per heavy atom. The maximum Gasteiger partial charge on any atom is 0.339 e. The molecule has 0 saturated heterocycles. The van der Waals surface area contributed by atoms with Crippen LogP contribution in [0.25, 0.3) is 0 Å². The zero-order chi connectivity index (χ0) is 13.1. The lowest BCUT2D eigenvalue weighted by atomic mass is 10.2. The number of aromatic carboxylic acids is 1. The Hall–Kier alpha value is -2.08. The van der Waals surface area contributed by atoms with E-state index in [2.05, 4.69) is 4.98 Å². The van der Waals surface area contributed by atoms with Gasteiger partial charge in [0.15, 0.2) is 5.75 Å². The number of hydrogen-bond donors (Lipinski definition) is 2. The average Bonchev–Trinajstić information content (AvgIpc) is 2.73. The first-order chi connectivity index (χ1) is 8.58. The van der Waals surface area contributed by atoms with Crippen LogP contribution < -0.4 is 10.5 Å². The highest BCUT2D eigenvalue weighted by Gasteiger charge is 2.14. The van der Waals surface area contributed by atoms with Gasteiger partial charge in [-0.25, -0.2) is 9.78 Å². The van der Waals surface area contributed by atoms with Crippen molar-refractivity contribution in [3.63, 3.8) is 0 Å². The summed E-state index contributed by atoms with van der Waals surface area (Å²) in [5.74, 6) is -0.870. The van der Waals surface area contributed by atoms with Crippen LogP contribution in [-0.2, 0) is 6.61 Å². The summed E-state index contributed by atoms with van der Waals surface area (Å²) in [6.45, 7) is 2.10. The van der Waals surface area contributed by atoms with Crippen molar-refractivity contribution in [1.82, 2.24) is 4.98 Å². The number of nitrogens with two attached hydrogens (primary N) is 1. The molecule has 1 aromatic heterocycles. The van der Waals surface area contributed by atoms with Crippen molar-refractivity contribution in [2.24, 2.45) is 0 Å². The first-order valence-corrected chi connectivity index (χ1v) is 6.11. The third-order valence-electron chi connectivity index (χ3n) is 2.28. The van der Waals surface area contributed by atoms with E-state index in [1.807, 2.05) is 12.3 Å². The molecule has 0 saturated carbocycles. The van der Waals surface area contributed by atoms with Gasteiger partial charge in [-0.2, -0.15) is 0 Å². The summed E-state index contributed by atoms with van der Waals surface area (Å²) in [5, 5.41) is 11.7. The molecule has 0 aliphatic heterocycles. The van der Waals surface area contributed by atoms with Crippen LogP contribution in [0.4, 0.5) is 5.69 Å². The molecule has 18 heavy (non-hydrogen) atoms. The minimum absolute atomic E-state index is 0.0586. The number of para-hydroxylation sites is 1. The molecule has 0 spiro atoms. The number of anilines is 1. The van der Waals surface area contributed by atoms with Crippen molar-refractivity contribution in [3.8, 4) is 5.75 Å². The standard InChI is InChI=1S/C12H12N2O3S/c1-7-6-18-10(14-7)5-17-11-8(12(15)16)3-2-4-9(11)13/h2-4,6H,5,13H2,1H3,(H,15,16). The van der Waals surface area contributed by atoms with Crippen LogP contribution in [0.15, 0.2) is 23.6 Å². The fourth-order valence-electron chi connectivity index (χ4n) is 1.49. The third kappa shape index (κ3) is 2.60. The van der Waals surface area contributed by atoms with Gasteiger partial charge < -0.3 is 15.6 Å². The van der Waals surface area contributed by atoms with Crippen LogP contribution in [0.1, 0.15) is 21.1 Å². The van der Waals surface area contributed by atoms with Crippen LogP contribution in [0.5, 0.6) is 5.75 Å². The first kappa shape index (κ1) is 12.4. The van der Waals surface area contributed by atoms with Crippen LogP contribution >= 0.6 is 11.3 Å². The van der Waals surface area contributed by atoms with Gasteiger partial charge in [-0.3, -0.25) is 0 Å². The molecule has 0 aliphatic rings. The van der Waals surface area contributed by atoms with E-state index < -0.39 is 5.97 Å². The molecule has 3 N–H and O–H groups in total. The number of carbonyl (C=O) groups is 1. The molecule has 0 unspecified atom stereocenters. The summed E-state index contributed by atoms with van der Waals surface area (Å²) in [6, 6.07) is 4.65. The number of ether oxygens (including phenoxy) is 1. The van der Waals surface area contributed by atoms with E-state index in [9.17, 15) is 4.79 Å². The van der Waals surface area contributed by atoms with E-state index in [-0.39, 0.29) is 17.9 Å². The smallest absolute Gasteiger partial charge is 0.339 e. The second kappa shape index (κ2) is 5.05. The largest absolute Gasteiger partial charge is 0.483 e. The van der Waals surface area contributed by atoms with E-state index in [0.717, 1.165) is 10.7 Å². The summed E-state index contributed by atoms with van der Waals surface area (Å²) in [6.07, 6.45) is 0. The molecule has 1 heterocycles. The maximum absolute atomic E-state index is 11.0. The Morgan fingerprint density at radius 3 is 2.94 bits per heavy atom. The Morgan fingerprint density at radius 1 is 1.56 bits per heavy atom. The molecule has 0 aliphatic carbocycles. The molecule has 0 amide bonds. The van der Waals surface area contributed by atoms with Crippen LogP contribution in [0.3, 0.4) is 0 Å². The summed E-state index contributed by atoms with van der Waals surface area (Å²) in [4.78, 5) is 15.3. The summed E-state index contributed by atoms with van der Waals surface area (Å²) < 4.78 is 5.47. The van der Waals surface area contributed by atoms with Gasteiger partial charge in [-0.1, -0.05) is 6.07 Å². The molecular weight excluding hydrogens is 252 g/mol. The second-order valence-electron chi connectivity index (χ2n) is 3.70. The number of benzene rings is 1. The monoisotopic (exact) mass is 264 g/mol. The van der Waals surface area contributed by atoms with Crippen molar-refractivity contribution in [1.29, 1.82) is 0 Å². The molecule has 0 radical (unpaired) electrons. The molecule has 1 aromatic carbocycles. The number of carboxylic acid groups (broad SMARTS) is 1. The average molecular weight is 264 g/mol. The van der Waals surface area contributed by atoms with Crippen molar-refractivity contribution < 1.29 is 14.6 Å². The lowest BCUT2D eigenvalue weighted by molar-refractivity contribution is 0.0692. The molecule has 2 aromatic rings. The number of thiazole rings is 1. The summed E-state index contributed by atoms with van der Waals surface area (Å²) in [7, 11) is 0. The molecule has 5 nitrogen and oxygen atoms in total. The zero-order valence-electron chi connectivity index (χ0n) is 9.71. The van der Waals surface area contributed by atoms with Crippen LogP contribution in [-0.4, -0.2) is 16.1 Å². The number of hydrogen-bond acceptors (Lipinski definition) is 5. The number of aryl methyl sites for hydroxylation is 1. The fraction of sp³-hybridized carbons (Fsp3) is 0.167. The number of aromatic nitrogens is 1. The Labute approximate surface area is 108 Å². The van der Waals surface area contributed by atoms with Gasteiger partial charge in [0.2, 0.25) is 0 Å². The third-order valence-corrected chi connectivity index (χ3v) is 3.22. The Kier molecular flexibility index (Phi) is 3.47. The van der Waals surface area contributed by atoms with Gasteiger partial charge in [-0.05, 0) is 19.1 Å². The highest BCUT2D eigenvalue weighted by Crippen LogP contribution is 2.27. The highest BCUT2D eigenvalue weighted by molar-refractivity contribution is 7.09. The lowest BCUT2D eigenvalue weighted by Crippen LogP contribution is -2.06. The SMILES string of the molecule is Cc1csc(COc2c(N)cccc2C(=O)O)n1. The van der Waals surface area contributed by atoms with Crippen molar-refractivity contribution >= 4 is 23.0 Å².